The lowest BCUT2D eigenvalue weighted by atomic mass is 10.1. The fraction of sp³-hybridized carbons (Fsp3) is 0.471. The summed E-state index contributed by atoms with van der Waals surface area (Å²) in [6.45, 7) is 2.57. The minimum atomic E-state index is -0.290. The first-order valence-electron chi connectivity index (χ1n) is 7.82. The molecule has 1 aliphatic heterocycles. The lowest BCUT2D eigenvalue weighted by Gasteiger charge is -2.14. The van der Waals surface area contributed by atoms with E-state index in [1.54, 1.807) is 31.2 Å². The number of halogens is 1. The van der Waals surface area contributed by atoms with Gasteiger partial charge in [0.05, 0.1) is 17.7 Å². The van der Waals surface area contributed by atoms with E-state index in [-0.39, 0.29) is 22.6 Å². The molecule has 2 rings (SSSR count). The quantitative estimate of drug-likeness (QED) is 0.300. The number of alkyl halides is 1. The van der Waals surface area contributed by atoms with Gasteiger partial charge in [-0.1, -0.05) is 40.9 Å². The smallest absolute Gasteiger partial charge is 0.319 e. The van der Waals surface area contributed by atoms with Crippen LogP contribution in [0, 0.1) is 0 Å². The van der Waals surface area contributed by atoms with Crippen molar-refractivity contribution < 1.29 is 19.1 Å². The molecule has 1 aromatic carbocycles. The molecule has 0 fully saturated rings. The molecular weight excluding hydrogens is 362 g/mol. The number of benzene rings is 1. The number of carbonyl (C=O) groups is 3. The number of hydrogen-bond donors (Lipinski definition) is 0. The highest BCUT2D eigenvalue weighted by Gasteiger charge is 2.34. The first-order chi connectivity index (χ1) is 11.1. The molecule has 23 heavy (non-hydrogen) atoms. The molecule has 0 aliphatic carbocycles. The molecule has 1 heterocycles. The van der Waals surface area contributed by atoms with E-state index in [0.717, 1.165) is 19.3 Å². The molecule has 0 bridgehead atoms. The van der Waals surface area contributed by atoms with E-state index in [0.29, 0.717) is 30.7 Å². The Balaban J connectivity index is 1.73. The number of rotatable bonds is 8. The van der Waals surface area contributed by atoms with Crippen LogP contribution in [0.5, 0.6) is 0 Å². The van der Waals surface area contributed by atoms with Crippen LogP contribution in [0.4, 0.5) is 0 Å². The molecular formula is C17H20BrNO4. The number of hydrogen-bond acceptors (Lipinski definition) is 4. The van der Waals surface area contributed by atoms with E-state index in [4.69, 9.17) is 4.74 Å². The van der Waals surface area contributed by atoms with Crippen LogP contribution in [0.25, 0.3) is 0 Å². The number of esters is 1. The summed E-state index contributed by atoms with van der Waals surface area (Å²) in [7, 11) is 0. The highest BCUT2D eigenvalue weighted by molar-refractivity contribution is 9.10. The first kappa shape index (κ1) is 17.7. The normalized spacial score (nSPS) is 14.8. The Morgan fingerprint density at radius 1 is 1.13 bits per heavy atom. The summed E-state index contributed by atoms with van der Waals surface area (Å²) in [5, 5.41) is 0. The lowest BCUT2D eigenvalue weighted by molar-refractivity contribution is -0.142. The predicted molar refractivity (Wildman–Crippen MR) is 89.6 cm³/mol. The molecule has 0 N–H and O–H groups in total. The van der Waals surface area contributed by atoms with Crippen molar-refractivity contribution in [2.24, 2.45) is 0 Å². The fourth-order valence-electron chi connectivity index (χ4n) is 2.56. The summed E-state index contributed by atoms with van der Waals surface area (Å²) in [6, 6.07) is 6.90. The molecule has 0 aromatic heterocycles. The Labute approximate surface area is 144 Å². The van der Waals surface area contributed by atoms with Crippen LogP contribution in [0.2, 0.25) is 0 Å². The van der Waals surface area contributed by atoms with Gasteiger partial charge in [-0.3, -0.25) is 19.3 Å². The number of carbonyl (C=O) groups excluding carboxylic acids is 3. The summed E-state index contributed by atoms with van der Waals surface area (Å²) in [5.74, 6) is -0.668. The maximum absolute atomic E-state index is 12.2. The molecule has 2 amide bonds. The zero-order chi connectivity index (χ0) is 16.8. The van der Waals surface area contributed by atoms with Gasteiger partial charge in [-0.05, 0) is 31.9 Å². The summed E-state index contributed by atoms with van der Waals surface area (Å²) >= 11 is 3.31. The zero-order valence-electron chi connectivity index (χ0n) is 13.1. The molecule has 0 saturated heterocycles. The average Bonchev–Trinajstić information content (AvgIpc) is 2.79. The Morgan fingerprint density at radius 2 is 1.74 bits per heavy atom. The molecule has 0 spiro atoms. The molecule has 1 aromatic rings. The summed E-state index contributed by atoms with van der Waals surface area (Å²) in [4.78, 5) is 36.8. The maximum Gasteiger partial charge on any atom is 0.319 e. The highest BCUT2D eigenvalue weighted by Crippen LogP contribution is 2.23. The monoisotopic (exact) mass is 381 g/mol. The molecule has 124 valence electrons. The molecule has 1 aliphatic rings. The van der Waals surface area contributed by atoms with Crippen molar-refractivity contribution >= 4 is 33.7 Å². The number of amides is 2. The minimum Gasteiger partial charge on any atom is -0.465 e. The van der Waals surface area contributed by atoms with Gasteiger partial charge in [0.25, 0.3) is 11.8 Å². The Bertz CT molecular complexity index is 567. The van der Waals surface area contributed by atoms with Crippen LogP contribution >= 0.6 is 15.9 Å². The van der Waals surface area contributed by atoms with Crippen molar-refractivity contribution in [2.75, 3.05) is 13.2 Å². The van der Waals surface area contributed by atoms with Gasteiger partial charge in [-0.15, -0.1) is 0 Å². The van der Waals surface area contributed by atoms with E-state index >= 15 is 0 Å². The van der Waals surface area contributed by atoms with Gasteiger partial charge in [0.1, 0.15) is 4.83 Å². The summed E-state index contributed by atoms with van der Waals surface area (Å²) in [6.07, 6.45) is 3.09. The number of imide groups is 1. The second kappa shape index (κ2) is 8.24. The van der Waals surface area contributed by atoms with Crippen LogP contribution in [-0.4, -0.2) is 40.7 Å². The average molecular weight is 382 g/mol. The van der Waals surface area contributed by atoms with Crippen molar-refractivity contribution in [2.45, 2.75) is 37.4 Å². The number of fused-ring (bicyclic) bond motifs is 1. The third-order valence-electron chi connectivity index (χ3n) is 3.76. The van der Waals surface area contributed by atoms with Gasteiger partial charge >= 0.3 is 5.97 Å². The number of ether oxygens (including phenoxy) is 1. The summed E-state index contributed by atoms with van der Waals surface area (Å²) in [5.41, 5.74) is 0.973. The van der Waals surface area contributed by atoms with Crippen LogP contribution in [-0.2, 0) is 9.53 Å². The Morgan fingerprint density at radius 3 is 2.30 bits per heavy atom. The molecule has 0 radical (unpaired) electrons. The minimum absolute atomic E-state index is 0.213. The highest BCUT2D eigenvalue weighted by atomic mass is 79.9. The second-order valence-electron chi connectivity index (χ2n) is 5.38. The van der Waals surface area contributed by atoms with Gasteiger partial charge in [-0.25, -0.2) is 0 Å². The Hall–Kier alpha value is -1.69. The first-order valence-corrected chi connectivity index (χ1v) is 8.73. The van der Waals surface area contributed by atoms with E-state index in [2.05, 4.69) is 15.9 Å². The van der Waals surface area contributed by atoms with E-state index in [1.165, 1.54) is 4.90 Å². The van der Waals surface area contributed by atoms with Crippen LogP contribution in [0.15, 0.2) is 24.3 Å². The molecule has 1 atom stereocenters. The molecule has 6 heteroatoms. The summed E-state index contributed by atoms with van der Waals surface area (Å²) < 4.78 is 4.92. The van der Waals surface area contributed by atoms with E-state index in [9.17, 15) is 14.4 Å². The van der Waals surface area contributed by atoms with Crippen molar-refractivity contribution in [1.29, 1.82) is 0 Å². The third kappa shape index (κ3) is 4.19. The fourth-order valence-corrected chi connectivity index (χ4v) is 3.02. The van der Waals surface area contributed by atoms with E-state index in [1.807, 2.05) is 0 Å². The van der Waals surface area contributed by atoms with Crippen molar-refractivity contribution in [1.82, 2.24) is 4.90 Å². The second-order valence-corrected chi connectivity index (χ2v) is 6.48. The topological polar surface area (TPSA) is 63.7 Å². The maximum atomic E-state index is 12.2. The van der Waals surface area contributed by atoms with Gasteiger partial charge in [0.15, 0.2) is 0 Å². The van der Waals surface area contributed by atoms with Crippen molar-refractivity contribution in [3.63, 3.8) is 0 Å². The van der Waals surface area contributed by atoms with Gasteiger partial charge in [0.2, 0.25) is 0 Å². The SMILES string of the molecule is CCOC(=O)C(Br)CCCCCN1C(=O)c2ccccc2C1=O. The molecule has 0 saturated carbocycles. The largest absolute Gasteiger partial charge is 0.465 e. The predicted octanol–water partition coefficient (Wildman–Crippen LogP) is 3.17. The van der Waals surface area contributed by atoms with E-state index < -0.39 is 0 Å². The van der Waals surface area contributed by atoms with Gasteiger partial charge < -0.3 is 4.74 Å². The van der Waals surface area contributed by atoms with Gasteiger partial charge in [0, 0.05) is 6.54 Å². The zero-order valence-corrected chi connectivity index (χ0v) is 14.7. The third-order valence-corrected chi connectivity index (χ3v) is 4.59. The molecule has 5 nitrogen and oxygen atoms in total. The van der Waals surface area contributed by atoms with Crippen molar-refractivity contribution in [3.05, 3.63) is 35.4 Å². The standard InChI is InChI=1S/C17H20BrNO4/c1-2-23-17(22)14(18)10-4-3-7-11-19-15(20)12-8-5-6-9-13(12)16(19)21/h5-6,8-9,14H,2-4,7,10-11H2,1H3. The van der Waals surface area contributed by atoms with Crippen LogP contribution < -0.4 is 0 Å². The van der Waals surface area contributed by atoms with Crippen LogP contribution in [0.1, 0.15) is 53.3 Å². The lowest BCUT2D eigenvalue weighted by Crippen LogP contribution is -2.30. The Kier molecular flexibility index (Phi) is 6.33. The van der Waals surface area contributed by atoms with Gasteiger partial charge in [-0.2, -0.15) is 0 Å². The van der Waals surface area contributed by atoms with Crippen molar-refractivity contribution in [3.8, 4) is 0 Å². The van der Waals surface area contributed by atoms with Crippen LogP contribution in [0.3, 0.4) is 0 Å². The number of nitrogens with zero attached hydrogens (tertiary/aromatic N) is 1. The molecule has 1 unspecified atom stereocenters. The number of unbranched alkanes of at least 4 members (excludes halogenated alkanes) is 2.